The van der Waals surface area contributed by atoms with Gasteiger partial charge in [-0.25, -0.2) is 4.39 Å². The number of benzene rings is 1. The number of thiophene rings is 1. The Hall–Kier alpha value is -0.910. The van der Waals surface area contributed by atoms with Gasteiger partial charge in [0.15, 0.2) is 0 Å². The van der Waals surface area contributed by atoms with Gasteiger partial charge in [0.2, 0.25) is 0 Å². The first kappa shape index (κ1) is 16.5. The van der Waals surface area contributed by atoms with E-state index in [9.17, 15) is 4.39 Å². The molecule has 114 valence electrons. The summed E-state index contributed by atoms with van der Waals surface area (Å²) >= 11 is 5.12. The number of hydrogen-bond donors (Lipinski definition) is 1. The Labute approximate surface area is 137 Å². The molecule has 0 atom stereocenters. The highest BCUT2D eigenvalue weighted by Crippen LogP contribution is 2.26. The first-order valence-electron chi connectivity index (χ1n) is 6.73. The molecule has 0 radical (unpaired) electrons. The summed E-state index contributed by atoms with van der Waals surface area (Å²) in [5, 5.41) is 5.37. The summed E-state index contributed by atoms with van der Waals surface area (Å²) in [4.78, 5) is 1.12. The molecule has 1 N–H and O–H groups in total. The Bertz CT molecular complexity index is 607. The predicted molar refractivity (Wildman–Crippen MR) is 89.3 cm³/mol. The van der Waals surface area contributed by atoms with Gasteiger partial charge in [-0.05, 0) is 66.3 Å². The number of ether oxygens (including phenoxy) is 1. The van der Waals surface area contributed by atoms with Crippen LogP contribution in [-0.4, -0.2) is 5.54 Å². The van der Waals surface area contributed by atoms with Crippen molar-refractivity contribution in [2.24, 2.45) is 0 Å². The van der Waals surface area contributed by atoms with Gasteiger partial charge in [-0.2, -0.15) is 0 Å². The Morgan fingerprint density at radius 1 is 1.29 bits per heavy atom. The number of hydrogen-bond acceptors (Lipinski definition) is 3. The molecule has 2 rings (SSSR count). The molecule has 1 aromatic carbocycles. The predicted octanol–water partition coefficient (Wildman–Crippen LogP) is 5.12. The van der Waals surface area contributed by atoms with Crippen LogP contribution in [0.4, 0.5) is 4.39 Å². The number of rotatable bonds is 5. The zero-order valence-corrected chi connectivity index (χ0v) is 14.8. The molecule has 1 aromatic heterocycles. The molecule has 0 aliphatic rings. The molecule has 0 unspecified atom stereocenters. The molecule has 2 nitrogen and oxygen atoms in total. The van der Waals surface area contributed by atoms with E-state index in [1.807, 2.05) is 11.4 Å². The highest BCUT2D eigenvalue weighted by Gasteiger charge is 2.12. The standard InChI is InChI=1S/C16H19BrFNOS/c1-16(2,3)19-9-11-8-12(18)4-5-14(11)20-10-15-13(17)6-7-21-15/h4-8,19H,9-10H2,1-3H3. The normalized spacial score (nSPS) is 11.7. The van der Waals surface area contributed by atoms with Gasteiger partial charge < -0.3 is 10.1 Å². The van der Waals surface area contributed by atoms with Gasteiger partial charge in [-0.3, -0.25) is 0 Å². The van der Waals surface area contributed by atoms with E-state index in [2.05, 4.69) is 42.0 Å². The van der Waals surface area contributed by atoms with E-state index in [-0.39, 0.29) is 11.4 Å². The van der Waals surface area contributed by atoms with E-state index >= 15 is 0 Å². The lowest BCUT2D eigenvalue weighted by atomic mass is 10.1. The quantitative estimate of drug-likeness (QED) is 0.787. The van der Waals surface area contributed by atoms with Crippen LogP contribution in [0.3, 0.4) is 0 Å². The molecular weight excluding hydrogens is 353 g/mol. The summed E-state index contributed by atoms with van der Waals surface area (Å²) in [5.74, 6) is 0.471. The summed E-state index contributed by atoms with van der Waals surface area (Å²) in [6.45, 7) is 7.29. The number of nitrogens with one attached hydrogen (secondary N) is 1. The van der Waals surface area contributed by atoms with Crippen molar-refractivity contribution in [3.63, 3.8) is 0 Å². The molecule has 0 amide bonds. The van der Waals surface area contributed by atoms with E-state index in [1.54, 1.807) is 17.4 Å². The van der Waals surface area contributed by atoms with E-state index in [0.717, 1.165) is 14.9 Å². The van der Waals surface area contributed by atoms with Gasteiger partial charge >= 0.3 is 0 Å². The molecule has 5 heteroatoms. The molecule has 0 saturated heterocycles. The Morgan fingerprint density at radius 3 is 2.67 bits per heavy atom. The van der Waals surface area contributed by atoms with Gasteiger partial charge in [0, 0.05) is 22.1 Å². The summed E-state index contributed by atoms with van der Waals surface area (Å²) in [6, 6.07) is 6.64. The minimum absolute atomic E-state index is 0.0274. The van der Waals surface area contributed by atoms with Crippen molar-refractivity contribution in [2.75, 3.05) is 0 Å². The van der Waals surface area contributed by atoms with Gasteiger partial charge in [-0.1, -0.05) is 0 Å². The van der Waals surface area contributed by atoms with Crippen LogP contribution >= 0.6 is 27.3 Å². The highest BCUT2D eigenvalue weighted by atomic mass is 79.9. The average Bonchev–Trinajstić information content (AvgIpc) is 2.80. The van der Waals surface area contributed by atoms with Crippen LogP contribution in [0, 0.1) is 5.82 Å². The summed E-state index contributed by atoms with van der Waals surface area (Å²) in [6.07, 6.45) is 0. The summed E-state index contributed by atoms with van der Waals surface area (Å²) < 4.78 is 20.4. The van der Waals surface area contributed by atoms with Crippen molar-refractivity contribution in [3.8, 4) is 5.75 Å². The molecule has 0 aliphatic carbocycles. The van der Waals surface area contributed by atoms with Crippen LogP contribution in [-0.2, 0) is 13.2 Å². The second kappa shape index (κ2) is 6.90. The maximum atomic E-state index is 13.5. The van der Waals surface area contributed by atoms with E-state index in [1.165, 1.54) is 12.1 Å². The Morgan fingerprint density at radius 2 is 2.05 bits per heavy atom. The second-order valence-electron chi connectivity index (χ2n) is 5.84. The molecule has 0 fully saturated rings. The lowest BCUT2D eigenvalue weighted by molar-refractivity contribution is 0.302. The maximum Gasteiger partial charge on any atom is 0.124 e. The molecule has 2 aromatic rings. The minimum Gasteiger partial charge on any atom is -0.488 e. The molecule has 21 heavy (non-hydrogen) atoms. The van der Waals surface area contributed by atoms with Crippen LogP contribution in [0.25, 0.3) is 0 Å². The van der Waals surface area contributed by atoms with Crippen molar-refractivity contribution >= 4 is 27.3 Å². The monoisotopic (exact) mass is 371 g/mol. The number of halogens is 2. The molecule has 1 heterocycles. The van der Waals surface area contributed by atoms with Crippen molar-refractivity contribution in [2.45, 2.75) is 39.5 Å². The zero-order valence-electron chi connectivity index (χ0n) is 12.4. The molecular formula is C16H19BrFNOS. The molecule has 0 saturated carbocycles. The van der Waals surface area contributed by atoms with Gasteiger partial charge in [-0.15, -0.1) is 11.3 Å². The minimum atomic E-state index is -0.245. The zero-order chi connectivity index (χ0) is 15.5. The SMILES string of the molecule is CC(C)(C)NCc1cc(F)ccc1OCc1sccc1Br. The van der Waals surface area contributed by atoms with Crippen molar-refractivity contribution < 1.29 is 9.13 Å². The van der Waals surface area contributed by atoms with Crippen LogP contribution in [0.2, 0.25) is 0 Å². The van der Waals surface area contributed by atoms with Crippen molar-refractivity contribution in [1.29, 1.82) is 0 Å². The maximum absolute atomic E-state index is 13.5. The van der Waals surface area contributed by atoms with Crippen LogP contribution in [0.5, 0.6) is 5.75 Å². The third kappa shape index (κ3) is 5.09. The largest absolute Gasteiger partial charge is 0.488 e. The van der Waals surface area contributed by atoms with E-state index in [4.69, 9.17) is 4.74 Å². The summed E-state index contributed by atoms with van der Waals surface area (Å²) in [7, 11) is 0. The van der Waals surface area contributed by atoms with E-state index in [0.29, 0.717) is 18.9 Å². The Balaban J connectivity index is 2.09. The van der Waals surface area contributed by atoms with Gasteiger partial charge in [0.1, 0.15) is 18.2 Å². The fourth-order valence-electron chi connectivity index (χ4n) is 1.76. The van der Waals surface area contributed by atoms with Crippen LogP contribution < -0.4 is 10.1 Å². The highest BCUT2D eigenvalue weighted by molar-refractivity contribution is 9.10. The first-order chi connectivity index (χ1) is 9.85. The second-order valence-corrected chi connectivity index (χ2v) is 7.69. The van der Waals surface area contributed by atoms with Crippen molar-refractivity contribution in [3.05, 3.63) is 50.4 Å². The summed E-state index contributed by atoms with van der Waals surface area (Å²) in [5.41, 5.74) is 0.804. The smallest absolute Gasteiger partial charge is 0.124 e. The fourth-order valence-corrected chi connectivity index (χ4v) is 3.14. The van der Waals surface area contributed by atoms with Crippen molar-refractivity contribution in [1.82, 2.24) is 5.32 Å². The van der Waals surface area contributed by atoms with Crippen LogP contribution in [0.1, 0.15) is 31.2 Å². The average molecular weight is 372 g/mol. The van der Waals surface area contributed by atoms with E-state index < -0.39 is 0 Å². The van der Waals surface area contributed by atoms with Gasteiger partial charge in [0.25, 0.3) is 0 Å². The third-order valence-corrected chi connectivity index (χ3v) is 4.78. The molecule has 0 aliphatic heterocycles. The van der Waals surface area contributed by atoms with Gasteiger partial charge in [0.05, 0.1) is 4.88 Å². The molecule has 0 spiro atoms. The Kier molecular flexibility index (Phi) is 5.41. The topological polar surface area (TPSA) is 21.3 Å². The fraction of sp³-hybridized carbons (Fsp3) is 0.375. The molecule has 0 bridgehead atoms. The lowest BCUT2D eigenvalue weighted by Gasteiger charge is -2.21. The third-order valence-electron chi connectivity index (χ3n) is 2.88. The lowest BCUT2D eigenvalue weighted by Crippen LogP contribution is -2.35. The first-order valence-corrected chi connectivity index (χ1v) is 8.40. The van der Waals surface area contributed by atoms with Crippen LogP contribution in [0.15, 0.2) is 34.1 Å².